The van der Waals surface area contributed by atoms with E-state index in [1.807, 2.05) is 0 Å². The highest BCUT2D eigenvalue weighted by molar-refractivity contribution is 7.89. The quantitative estimate of drug-likeness (QED) is 0.581. The first-order chi connectivity index (χ1) is 13.7. The van der Waals surface area contributed by atoms with E-state index in [0.717, 1.165) is 0 Å². The molecule has 0 spiro atoms. The molecule has 29 heavy (non-hydrogen) atoms. The number of allylic oxidation sites excluding steroid dienone is 2. The number of pyridine rings is 1. The summed E-state index contributed by atoms with van der Waals surface area (Å²) in [6.45, 7) is 0. The van der Waals surface area contributed by atoms with Crippen molar-refractivity contribution in [3.05, 3.63) is 72.1 Å². The zero-order valence-electron chi connectivity index (χ0n) is 15.7. The highest BCUT2D eigenvalue weighted by atomic mass is 32.2. The SMILES string of the molecule is COC(=O)C1(C(=O)OC)C=C(c2ccncc2)C(c2ccc(S(N)(=O)=O)cc2)=C1. The molecular formula is C20H18N2O6S. The predicted molar refractivity (Wildman–Crippen MR) is 104 cm³/mol. The van der Waals surface area contributed by atoms with Crippen LogP contribution in [-0.4, -0.2) is 39.6 Å². The number of benzene rings is 1. The normalized spacial score (nSPS) is 15.3. The van der Waals surface area contributed by atoms with Gasteiger partial charge in [0.2, 0.25) is 15.4 Å². The highest BCUT2D eigenvalue weighted by Crippen LogP contribution is 2.45. The van der Waals surface area contributed by atoms with Crippen LogP contribution in [-0.2, 0) is 29.1 Å². The van der Waals surface area contributed by atoms with Gasteiger partial charge in [0.15, 0.2) is 0 Å². The van der Waals surface area contributed by atoms with Crippen molar-refractivity contribution >= 4 is 33.1 Å². The van der Waals surface area contributed by atoms with Gasteiger partial charge in [-0.05, 0) is 58.7 Å². The van der Waals surface area contributed by atoms with Crippen molar-refractivity contribution in [1.29, 1.82) is 0 Å². The van der Waals surface area contributed by atoms with Crippen molar-refractivity contribution in [3.8, 4) is 0 Å². The Hall–Kier alpha value is -3.30. The standard InChI is InChI=1S/C20H18N2O6S/c1-27-18(23)20(19(24)28-2)11-16(17(12-20)14-7-9-22-10-8-14)13-3-5-15(6-4-13)29(21,25)26/h3-12H,1-2H3,(H2,21,25,26). The number of carbonyl (C=O) groups excluding carboxylic acids is 2. The van der Waals surface area contributed by atoms with Crippen LogP contribution in [0.2, 0.25) is 0 Å². The van der Waals surface area contributed by atoms with Gasteiger partial charge in [-0.1, -0.05) is 12.1 Å². The van der Waals surface area contributed by atoms with Crippen LogP contribution in [0.25, 0.3) is 11.1 Å². The highest BCUT2D eigenvalue weighted by Gasteiger charge is 2.49. The Morgan fingerprint density at radius 2 is 1.31 bits per heavy atom. The number of nitrogens with two attached hydrogens (primary N) is 1. The lowest BCUT2D eigenvalue weighted by Crippen LogP contribution is -2.36. The molecule has 0 fully saturated rings. The average molecular weight is 414 g/mol. The van der Waals surface area contributed by atoms with Gasteiger partial charge in [-0.15, -0.1) is 0 Å². The molecule has 3 rings (SSSR count). The molecule has 2 N–H and O–H groups in total. The molecule has 0 saturated heterocycles. The number of methoxy groups -OCH3 is 2. The van der Waals surface area contributed by atoms with Crippen molar-refractivity contribution in [2.45, 2.75) is 4.90 Å². The number of hydrogen-bond donors (Lipinski definition) is 1. The molecule has 1 aromatic carbocycles. The van der Waals surface area contributed by atoms with E-state index >= 15 is 0 Å². The molecule has 0 radical (unpaired) electrons. The molecule has 1 aliphatic carbocycles. The van der Waals surface area contributed by atoms with Crippen molar-refractivity contribution in [2.75, 3.05) is 14.2 Å². The first kappa shape index (κ1) is 20.4. The van der Waals surface area contributed by atoms with Crippen LogP contribution in [0.3, 0.4) is 0 Å². The Labute approximate surface area is 167 Å². The third-order valence-electron chi connectivity index (χ3n) is 4.57. The third kappa shape index (κ3) is 3.69. The first-order valence-electron chi connectivity index (χ1n) is 8.39. The van der Waals surface area contributed by atoms with Gasteiger partial charge in [0, 0.05) is 12.4 Å². The molecule has 0 atom stereocenters. The number of nitrogens with zero attached hydrogens (tertiary/aromatic N) is 1. The van der Waals surface area contributed by atoms with Gasteiger partial charge in [0.05, 0.1) is 19.1 Å². The van der Waals surface area contributed by atoms with Gasteiger partial charge >= 0.3 is 11.9 Å². The Balaban J connectivity index is 2.22. The summed E-state index contributed by atoms with van der Waals surface area (Å²) in [5, 5.41) is 5.15. The average Bonchev–Trinajstić information content (AvgIpc) is 3.14. The topological polar surface area (TPSA) is 126 Å². The zero-order chi connectivity index (χ0) is 21.2. The molecule has 1 aromatic heterocycles. The fourth-order valence-electron chi connectivity index (χ4n) is 3.14. The Kier molecular flexibility index (Phi) is 5.36. The second-order valence-electron chi connectivity index (χ2n) is 6.27. The zero-order valence-corrected chi connectivity index (χ0v) is 16.5. The molecule has 0 amide bonds. The van der Waals surface area contributed by atoms with Gasteiger partial charge < -0.3 is 9.47 Å². The lowest BCUT2D eigenvalue weighted by molar-refractivity contribution is -0.161. The van der Waals surface area contributed by atoms with Crippen molar-refractivity contribution in [2.24, 2.45) is 10.6 Å². The summed E-state index contributed by atoms with van der Waals surface area (Å²) in [7, 11) is -1.50. The maximum absolute atomic E-state index is 12.6. The van der Waals surface area contributed by atoms with Crippen LogP contribution in [0.15, 0.2) is 65.8 Å². The smallest absolute Gasteiger partial charge is 0.331 e. The van der Waals surface area contributed by atoms with Gasteiger partial charge in [0.25, 0.3) is 0 Å². The summed E-state index contributed by atoms with van der Waals surface area (Å²) < 4.78 is 32.8. The number of rotatable bonds is 5. The number of ether oxygens (including phenoxy) is 2. The van der Waals surface area contributed by atoms with Gasteiger partial charge in [-0.25, -0.2) is 13.6 Å². The largest absolute Gasteiger partial charge is 0.468 e. The lowest BCUT2D eigenvalue weighted by Gasteiger charge is -2.18. The summed E-state index contributed by atoms with van der Waals surface area (Å²) in [4.78, 5) is 29.0. The minimum atomic E-state index is -3.86. The monoisotopic (exact) mass is 414 g/mol. The van der Waals surface area contributed by atoms with Crippen molar-refractivity contribution in [1.82, 2.24) is 4.98 Å². The molecule has 9 heteroatoms. The van der Waals surface area contributed by atoms with E-state index in [1.54, 1.807) is 36.7 Å². The fraction of sp³-hybridized carbons (Fsp3) is 0.150. The molecular weight excluding hydrogens is 396 g/mol. The minimum absolute atomic E-state index is 0.0542. The van der Waals surface area contributed by atoms with Crippen LogP contribution in [0.4, 0.5) is 0 Å². The van der Waals surface area contributed by atoms with Gasteiger partial charge in [-0.3, -0.25) is 14.6 Å². The number of hydrogen-bond acceptors (Lipinski definition) is 7. The Bertz CT molecular complexity index is 1100. The van der Waals surface area contributed by atoms with E-state index in [4.69, 9.17) is 14.6 Å². The van der Waals surface area contributed by atoms with Crippen LogP contribution < -0.4 is 5.14 Å². The van der Waals surface area contributed by atoms with E-state index in [9.17, 15) is 18.0 Å². The number of carbonyl (C=O) groups is 2. The lowest BCUT2D eigenvalue weighted by atomic mass is 9.89. The Morgan fingerprint density at radius 1 is 0.862 bits per heavy atom. The Morgan fingerprint density at radius 3 is 1.72 bits per heavy atom. The van der Waals surface area contributed by atoms with Gasteiger partial charge in [0.1, 0.15) is 0 Å². The fourth-order valence-corrected chi connectivity index (χ4v) is 3.66. The molecule has 0 bridgehead atoms. The van der Waals surface area contributed by atoms with E-state index in [0.29, 0.717) is 22.3 Å². The van der Waals surface area contributed by atoms with Crippen LogP contribution in [0, 0.1) is 5.41 Å². The maximum atomic E-state index is 12.6. The van der Waals surface area contributed by atoms with E-state index in [1.165, 1.54) is 38.5 Å². The summed E-state index contributed by atoms with van der Waals surface area (Å²) in [5.41, 5.74) is 0.627. The number of esters is 2. The first-order valence-corrected chi connectivity index (χ1v) is 9.94. The summed E-state index contributed by atoms with van der Waals surface area (Å²) in [6, 6.07) is 9.25. The van der Waals surface area contributed by atoms with Crippen LogP contribution >= 0.6 is 0 Å². The summed E-state index contributed by atoms with van der Waals surface area (Å²) in [5.74, 6) is -1.60. The molecule has 0 saturated carbocycles. The molecule has 1 heterocycles. The van der Waals surface area contributed by atoms with E-state index in [-0.39, 0.29) is 4.90 Å². The third-order valence-corrected chi connectivity index (χ3v) is 5.49. The summed E-state index contributed by atoms with van der Waals surface area (Å²) in [6.07, 6.45) is 6.08. The number of aromatic nitrogens is 1. The van der Waals surface area contributed by atoms with Crippen molar-refractivity contribution < 1.29 is 27.5 Å². The van der Waals surface area contributed by atoms with Crippen LogP contribution in [0.5, 0.6) is 0 Å². The molecule has 8 nitrogen and oxygen atoms in total. The van der Waals surface area contributed by atoms with E-state index in [2.05, 4.69) is 4.98 Å². The molecule has 2 aromatic rings. The number of sulfonamides is 1. The molecule has 0 aliphatic heterocycles. The van der Waals surface area contributed by atoms with Crippen molar-refractivity contribution in [3.63, 3.8) is 0 Å². The summed E-state index contributed by atoms with van der Waals surface area (Å²) >= 11 is 0. The van der Waals surface area contributed by atoms with E-state index < -0.39 is 27.4 Å². The van der Waals surface area contributed by atoms with Crippen LogP contribution in [0.1, 0.15) is 11.1 Å². The maximum Gasteiger partial charge on any atom is 0.331 e. The molecule has 1 aliphatic rings. The second-order valence-corrected chi connectivity index (χ2v) is 7.83. The minimum Gasteiger partial charge on any atom is -0.468 e. The number of primary sulfonamides is 1. The predicted octanol–water partition coefficient (Wildman–Crippen LogP) is 1.54. The molecule has 0 unspecified atom stereocenters. The second kappa shape index (κ2) is 7.61. The molecule has 150 valence electrons. The van der Waals surface area contributed by atoms with Gasteiger partial charge in [-0.2, -0.15) is 0 Å².